The minimum absolute atomic E-state index is 0.0799. The Morgan fingerprint density at radius 2 is 1.72 bits per heavy atom. The van der Waals surface area contributed by atoms with Crippen LogP contribution in [0.3, 0.4) is 0 Å². The molecule has 0 radical (unpaired) electrons. The van der Waals surface area contributed by atoms with E-state index in [1.165, 1.54) is 12.2 Å². The third-order valence-corrected chi connectivity index (χ3v) is 2.15. The van der Waals surface area contributed by atoms with Crippen molar-refractivity contribution in [1.29, 1.82) is 0 Å². The van der Waals surface area contributed by atoms with Crippen LogP contribution < -0.4 is 0 Å². The van der Waals surface area contributed by atoms with Gasteiger partial charge in [0.05, 0.1) is 0 Å². The van der Waals surface area contributed by atoms with Gasteiger partial charge in [-0.3, -0.25) is 4.79 Å². The zero-order valence-corrected chi connectivity index (χ0v) is 11.1. The second-order valence-corrected chi connectivity index (χ2v) is 3.43. The molecule has 0 saturated heterocycles. The van der Waals surface area contributed by atoms with Crippen molar-refractivity contribution in [3.05, 3.63) is 85.1 Å². The van der Waals surface area contributed by atoms with Gasteiger partial charge in [-0.25, -0.2) is 0 Å². The van der Waals surface area contributed by atoms with Crippen LogP contribution in [0.4, 0.5) is 0 Å². The molecule has 0 aliphatic heterocycles. The van der Waals surface area contributed by atoms with Crippen LogP contribution in [0.15, 0.2) is 85.1 Å². The van der Waals surface area contributed by atoms with Crippen LogP contribution in [0.5, 0.6) is 0 Å². The highest BCUT2D eigenvalue weighted by Crippen LogP contribution is 2.04. The summed E-state index contributed by atoms with van der Waals surface area (Å²) in [6.45, 7) is 11.0. The minimum atomic E-state index is -0.0799. The van der Waals surface area contributed by atoms with Gasteiger partial charge in [0.2, 0.25) is 0 Å². The highest BCUT2D eigenvalue weighted by molar-refractivity contribution is 6.06. The highest BCUT2D eigenvalue weighted by Gasteiger charge is 1.99. The quantitative estimate of drug-likeness (QED) is 0.473. The molecule has 94 valence electrons. The molecule has 1 heteroatoms. The standard InChI is InChI=1S/C17H20O/c1-5-9-10-12-15(7-3)13-14-17(18)16(8-4)11-6-2/h5-14H,2,4H2,1,3H3/b9-5-,12-10-,14-13+,15-7+,16-11+. The minimum Gasteiger partial charge on any atom is -0.289 e. The van der Waals surface area contributed by atoms with Gasteiger partial charge >= 0.3 is 0 Å². The third kappa shape index (κ3) is 6.44. The van der Waals surface area contributed by atoms with E-state index in [0.29, 0.717) is 5.57 Å². The molecule has 0 aliphatic carbocycles. The zero-order valence-electron chi connectivity index (χ0n) is 11.1. The molecule has 0 saturated carbocycles. The van der Waals surface area contributed by atoms with E-state index in [1.54, 1.807) is 18.2 Å². The maximum absolute atomic E-state index is 11.8. The average Bonchev–Trinajstić information content (AvgIpc) is 2.39. The lowest BCUT2D eigenvalue weighted by Crippen LogP contribution is -1.94. The number of carbonyl (C=O) groups excluding carboxylic acids is 1. The predicted octanol–water partition coefficient (Wildman–Crippen LogP) is 4.49. The fourth-order valence-corrected chi connectivity index (χ4v) is 1.17. The SMILES string of the molecule is C=C/C=C(\C=C)C(=O)/C=C/C(/C=C\C=C/C)=C/C. The Morgan fingerprint density at radius 1 is 1.00 bits per heavy atom. The summed E-state index contributed by atoms with van der Waals surface area (Å²) >= 11 is 0. The summed E-state index contributed by atoms with van der Waals surface area (Å²) in [5, 5.41) is 0. The smallest absolute Gasteiger partial charge is 0.185 e. The van der Waals surface area contributed by atoms with Crippen molar-refractivity contribution in [3.63, 3.8) is 0 Å². The fraction of sp³-hybridized carbons (Fsp3) is 0.118. The highest BCUT2D eigenvalue weighted by atomic mass is 16.1. The van der Waals surface area contributed by atoms with Crippen LogP contribution in [0, 0.1) is 0 Å². The van der Waals surface area contributed by atoms with Crippen LogP contribution in [0.25, 0.3) is 0 Å². The molecule has 0 N–H and O–H groups in total. The van der Waals surface area contributed by atoms with E-state index >= 15 is 0 Å². The van der Waals surface area contributed by atoms with Crippen LogP contribution in [0.2, 0.25) is 0 Å². The first kappa shape index (κ1) is 15.9. The summed E-state index contributed by atoms with van der Waals surface area (Å²) in [5.41, 5.74) is 1.51. The van der Waals surface area contributed by atoms with Crippen LogP contribution >= 0.6 is 0 Å². The van der Waals surface area contributed by atoms with Gasteiger partial charge in [-0.2, -0.15) is 0 Å². The van der Waals surface area contributed by atoms with Crippen molar-refractivity contribution in [2.24, 2.45) is 0 Å². The molecule has 0 aliphatic rings. The Bertz CT molecular complexity index is 440. The first-order valence-electron chi connectivity index (χ1n) is 5.82. The lowest BCUT2D eigenvalue weighted by Gasteiger charge is -1.95. The molecule has 18 heavy (non-hydrogen) atoms. The van der Waals surface area contributed by atoms with Crippen LogP contribution in [-0.4, -0.2) is 5.78 Å². The molecule has 0 atom stereocenters. The maximum atomic E-state index is 11.8. The molecule has 0 heterocycles. The van der Waals surface area contributed by atoms with Crippen molar-refractivity contribution in [2.75, 3.05) is 0 Å². The third-order valence-electron chi connectivity index (χ3n) is 2.15. The monoisotopic (exact) mass is 240 g/mol. The van der Waals surface area contributed by atoms with Gasteiger partial charge in [-0.15, -0.1) is 0 Å². The van der Waals surface area contributed by atoms with E-state index in [-0.39, 0.29) is 5.78 Å². The lowest BCUT2D eigenvalue weighted by atomic mass is 10.1. The van der Waals surface area contributed by atoms with Gasteiger partial charge < -0.3 is 0 Å². The summed E-state index contributed by atoms with van der Waals surface area (Å²) in [6.07, 6.45) is 17.7. The predicted molar refractivity (Wildman–Crippen MR) is 80.3 cm³/mol. The van der Waals surface area contributed by atoms with Gasteiger partial charge in [-0.05, 0) is 25.5 Å². The average molecular weight is 240 g/mol. The fourth-order valence-electron chi connectivity index (χ4n) is 1.17. The maximum Gasteiger partial charge on any atom is 0.185 e. The van der Waals surface area contributed by atoms with Crippen LogP contribution in [0.1, 0.15) is 13.8 Å². The van der Waals surface area contributed by atoms with Crippen molar-refractivity contribution < 1.29 is 4.79 Å². The summed E-state index contributed by atoms with van der Waals surface area (Å²) < 4.78 is 0. The normalized spacial score (nSPS) is 13.7. The van der Waals surface area contributed by atoms with Crippen molar-refractivity contribution in [3.8, 4) is 0 Å². The Labute approximate surface area is 110 Å². The largest absolute Gasteiger partial charge is 0.289 e. The zero-order chi connectivity index (χ0) is 13.8. The molecule has 0 aromatic carbocycles. The summed E-state index contributed by atoms with van der Waals surface area (Å²) in [7, 11) is 0. The van der Waals surface area contributed by atoms with E-state index in [4.69, 9.17) is 0 Å². The van der Waals surface area contributed by atoms with Gasteiger partial charge in [0.25, 0.3) is 0 Å². The van der Waals surface area contributed by atoms with E-state index in [0.717, 1.165) is 5.57 Å². The van der Waals surface area contributed by atoms with E-state index in [1.807, 2.05) is 44.2 Å². The molecule has 0 rings (SSSR count). The van der Waals surface area contributed by atoms with Crippen molar-refractivity contribution in [1.82, 2.24) is 0 Å². The number of ketones is 1. The summed E-state index contributed by atoms with van der Waals surface area (Å²) in [6, 6.07) is 0. The Balaban J connectivity index is 4.81. The van der Waals surface area contributed by atoms with Gasteiger partial charge in [-0.1, -0.05) is 67.8 Å². The van der Waals surface area contributed by atoms with Crippen LogP contribution in [-0.2, 0) is 4.79 Å². The molecule has 0 aromatic rings. The number of hydrogen-bond acceptors (Lipinski definition) is 1. The van der Waals surface area contributed by atoms with E-state index in [2.05, 4.69) is 13.2 Å². The van der Waals surface area contributed by atoms with E-state index in [9.17, 15) is 4.79 Å². The molecule has 1 nitrogen and oxygen atoms in total. The molecule has 0 aromatic heterocycles. The number of rotatable bonds is 7. The Morgan fingerprint density at radius 3 is 2.22 bits per heavy atom. The number of allylic oxidation sites excluding steroid dienone is 12. The number of hydrogen-bond donors (Lipinski definition) is 0. The summed E-state index contributed by atoms with van der Waals surface area (Å²) in [5.74, 6) is -0.0799. The van der Waals surface area contributed by atoms with Gasteiger partial charge in [0.1, 0.15) is 0 Å². The second kappa shape index (κ2) is 10.0. The molecule has 0 fully saturated rings. The first-order chi connectivity index (χ1) is 8.69. The molecule has 0 bridgehead atoms. The van der Waals surface area contributed by atoms with Crippen molar-refractivity contribution >= 4 is 5.78 Å². The molecule has 0 unspecified atom stereocenters. The van der Waals surface area contributed by atoms with E-state index < -0.39 is 0 Å². The lowest BCUT2D eigenvalue weighted by molar-refractivity contribution is -0.111. The summed E-state index contributed by atoms with van der Waals surface area (Å²) in [4.78, 5) is 11.8. The Hall–Kier alpha value is -2.15. The van der Waals surface area contributed by atoms with Gasteiger partial charge in [0.15, 0.2) is 5.78 Å². The molecular formula is C17H20O. The number of carbonyl (C=O) groups is 1. The topological polar surface area (TPSA) is 17.1 Å². The molecule has 0 spiro atoms. The Kier molecular flexibility index (Phi) is 8.83. The molecule has 0 amide bonds. The van der Waals surface area contributed by atoms with Crippen molar-refractivity contribution in [2.45, 2.75) is 13.8 Å². The second-order valence-electron chi connectivity index (χ2n) is 3.43. The molecular weight excluding hydrogens is 220 g/mol. The first-order valence-corrected chi connectivity index (χ1v) is 5.82. The van der Waals surface area contributed by atoms with Gasteiger partial charge in [0, 0.05) is 5.57 Å².